The van der Waals surface area contributed by atoms with E-state index in [1.807, 2.05) is 75.4 Å². The topological polar surface area (TPSA) is 56.1 Å². The maximum absolute atomic E-state index is 12.7. The molecule has 0 saturated heterocycles. The number of benzene rings is 2. The Hall–Kier alpha value is -3.08. The lowest BCUT2D eigenvalue weighted by atomic mass is 10.1. The number of carbonyl (C=O) groups is 1. The molecule has 0 saturated carbocycles. The molecule has 0 radical (unpaired) electrons. The largest absolute Gasteiger partial charge is 0.497 e. The lowest BCUT2D eigenvalue weighted by molar-refractivity contribution is 0.0935. The van der Waals surface area contributed by atoms with E-state index < -0.39 is 0 Å². The monoisotopic (exact) mass is 349 g/mol. The average Bonchev–Trinajstić information content (AvgIpc) is 3.07. The summed E-state index contributed by atoms with van der Waals surface area (Å²) in [5.41, 5.74) is 4.08. The Morgan fingerprint density at radius 3 is 2.58 bits per heavy atom. The van der Waals surface area contributed by atoms with Crippen LogP contribution in [0.5, 0.6) is 5.75 Å². The molecule has 1 heterocycles. The van der Waals surface area contributed by atoms with E-state index in [1.54, 1.807) is 11.8 Å². The van der Waals surface area contributed by atoms with Crippen LogP contribution in [0.4, 0.5) is 0 Å². The molecule has 5 nitrogen and oxygen atoms in total. The maximum Gasteiger partial charge on any atom is 0.270 e. The second kappa shape index (κ2) is 7.44. The summed E-state index contributed by atoms with van der Waals surface area (Å²) in [5, 5.41) is 7.64. The molecule has 1 N–H and O–H groups in total. The van der Waals surface area contributed by atoms with Gasteiger partial charge >= 0.3 is 0 Å². The summed E-state index contributed by atoms with van der Waals surface area (Å²) in [4.78, 5) is 12.7. The second-order valence-electron chi connectivity index (χ2n) is 6.53. The SMILES string of the molecule is COc1cccc(-c2cc(C(=O)NC(C)C)n(-c3cccc(C)c3)n2)c1. The molecular weight excluding hydrogens is 326 g/mol. The number of ether oxygens (including phenoxy) is 1. The number of rotatable bonds is 5. The van der Waals surface area contributed by atoms with Crippen LogP contribution >= 0.6 is 0 Å². The molecule has 0 spiro atoms. The predicted octanol–water partition coefficient (Wildman–Crippen LogP) is 3.99. The molecule has 2 aromatic carbocycles. The van der Waals surface area contributed by atoms with Crippen LogP contribution in [-0.2, 0) is 0 Å². The van der Waals surface area contributed by atoms with Gasteiger partial charge in [-0.1, -0.05) is 24.3 Å². The number of aryl methyl sites for hydroxylation is 1. The van der Waals surface area contributed by atoms with Crippen LogP contribution in [0.15, 0.2) is 54.6 Å². The molecule has 26 heavy (non-hydrogen) atoms. The van der Waals surface area contributed by atoms with Crippen LogP contribution in [0.1, 0.15) is 29.9 Å². The smallest absolute Gasteiger partial charge is 0.270 e. The molecular formula is C21H23N3O2. The first-order valence-electron chi connectivity index (χ1n) is 8.60. The third-order valence-electron chi connectivity index (χ3n) is 3.97. The molecule has 3 aromatic rings. The Bertz CT molecular complexity index is 929. The van der Waals surface area contributed by atoms with Crippen molar-refractivity contribution in [2.45, 2.75) is 26.8 Å². The third-order valence-corrected chi connectivity index (χ3v) is 3.97. The van der Waals surface area contributed by atoms with Gasteiger partial charge in [0, 0.05) is 11.6 Å². The minimum atomic E-state index is -0.150. The molecule has 0 unspecified atom stereocenters. The van der Waals surface area contributed by atoms with Crippen LogP contribution in [0.3, 0.4) is 0 Å². The lowest BCUT2D eigenvalue weighted by Gasteiger charge is -2.10. The fraction of sp³-hybridized carbons (Fsp3) is 0.238. The van der Waals surface area contributed by atoms with Crippen LogP contribution in [0.2, 0.25) is 0 Å². The van der Waals surface area contributed by atoms with E-state index in [0.29, 0.717) is 5.69 Å². The summed E-state index contributed by atoms with van der Waals surface area (Å²) in [6.07, 6.45) is 0. The van der Waals surface area contributed by atoms with Gasteiger partial charge in [0.05, 0.1) is 18.5 Å². The number of nitrogens with one attached hydrogen (secondary N) is 1. The summed E-state index contributed by atoms with van der Waals surface area (Å²) in [5.74, 6) is 0.601. The first-order valence-corrected chi connectivity index (χ1v) is 8.60. The molecule has 0 atom stereocenters. The number of amides is 1. The quantitative estimate of drug-likeness (QED) is 0.758. The highest BCUT2D eigenvalue weighted by atomic mass is 16.5. The van der Waals surface area contributed by atoms with Crippen molar-refractivity contribution in [3.05, 3.63) is 65.9 Å². The third kappa shape index (κ3) is 3.77. The van der Waals surface area contributed by atoms with E-state index >= 15 is 0 Å². The van der Waals surface area contributed by atoms with Crippen molar-refractivity contribution in [3.8, 4) is 22.7 Å². The van der Waals surface area contributed by atoms with Crippen molar-refractivity contribution in [1.29, 1.82) is 0 Å². The number of carbonyl (C=O) groups excluding carboxylic acids is 1. The van der Waals surface area contributed by atoms with Crippen molar-refractivity contribution in [2.24, 2.45) is 0 Å². The Morgan fingerprint density at radius 1 is 1.12 bits per heavy atom. The molecule has 134 valence electrons. The Labute approximate surface area is 153 Å². The number of aromatic nitrogens is 2. The number of methoxy groups -OCH3 is 1. The first-order chi connectivity index (χ1) is 12.5. The highest BCUT2D eigenvalue weighted by Gasteiger charge is 2.18. The summed E-state index contributed by atoms with van der Waals surface area (Å²) in [7, 11) is 1.63. The average molecular weight is 349 g/mol. The van der Waals surface area contributed by atoms with Crippen molar-refractivity contribution in [2.75, 3.05) is 7.11 Å². The van der Waals surface area contributed by atoms with E-state index in [-0.39, 0.29) is 11.9 Å². The summed E-state index contributed by atoms with van der Waals surface area (Å²) in [6, 6.07) is 17.4. The van der Waals surface area contributed by atoms with Gasteiger partial charge in [0.25, 0.3) is 5.91 Å². The van der Waals surface area contributed by atoms with E-state index in [9.17, 15) is 4.79 Å². The van der Waals surface area contributed by atoms with Gasteiger partial charge in [0.2, 0.25) is 0 Å². The Balaban J connectivity index is 2.12. The summed E-state index contributed by atoms with van der Waals surface area (Å²) < 4.78 is 6.99. The van der Waals surface area contributed by atoms with Gasteiger partial charge in [-0.3, -0.25) is 4.79 Å². The zero-order valence-corrected chi connectivity index (χ0v) is 15.5. The summed E-state index contributed by atoms with van der Waals surface area (Å²) >= 11 is 0. The zero-order chi connectivity index (χ0) is 18.7. The number of hydrogen-bond acceptors (Lipinski definition) is 3. The highest BCUT2D eigenvalue weighted by Crippen LogP contribution is 2.25. The first kappa shape index (κ1) is 17.7. The number of hydrogen-bond donors (Lipinski definition) is 1. The van der Waals surface area contributed by atoms with Gasteiger partial charge in [-0.15, -0.1) is 0 Å². The minimum absolute atomic E-state index is 0.0450. The summed E-state index contributed by atoms with van der Waals surface area (Å²) in [6.45, 7) is 5.90. The fourth-order valence-corrected chi connectivity index (χ4v) is 2.76. The van der Waals surface area contributed by atoms with E-state index in [2.05, 4.69) is 5.32 Å². The molecule has 0 aliphatic heterocycles. The second-order valence-corrected chi connectivity index (χ2v) is 6.53. The molecule has 1 amide bonds. The predicted molar refractivity (Wildman–Crippen MR) is 103 cm³/mol. The molecule has 5 heteroatoms. The van der Waals surface area contributed by atoms with Crippen molar-refractivity contribution in [1.82, 2.24) is 15.1 Å². The van der Waals surface area contributed by atoms with Crippen molar-refractivity contribution in [3.63, 3.8) is 0 Å². The van der Waals surface area contributed by atoms with Gasteiger partial charge in [0.15, 0.2) is 0 Å². The molecule has 3 rings (SSSR count). The van der Waals surface area contributed by atoms with Crippen LogP contribution in [0.25, 0.3) is 16.9 Å². The van der Waals surface area contributed by atoms with Gasteiger partial charge < -0.3 is 10.1 Å². The molecule has 0 bridgehead atoms. The zero-order valence-electron chi connectivity index (χ0n) is 15.5. The molecule has 1 aromatic heterocycles. The fourth-order valence-electron chi connectivity index (χ4n) is 2.76. The van der Waals surface area contributed by atoms with Gasteiger partial charge in [-0.05, 0) is 56.7 Å². The van der Waals surface area contributed by atoms with Gasteiger partial charge in [-0.2, -0.15) is 5.10 Å². The van der Waals surface area contributed by atoms with Crippen molar-refractivity contribution < 1.29 is 9.53 Å². The molecule has 0 aliphatic carbocycles. The maximum atomic E-state index is 12.7. The highest BCUT2D eigenvalue weighted by molar-refractivity contribution is 5.94. The Kier molecular flexibility index (Phi) is 5.07. The van der Waals surface area contributed by atoms with Crippen LogP contribution < -0.4 is 10.1 Å². The standard InChI is InChI=1S/C21H23N3O2/c1-14(2)22-21(25)20-13-19(16-8-6-10-18(12-16)26-4)23-24(20)17-9-5-7-15(3)11-17/h5-14H,1-4H3,(H,22,25). The van der Waals surface area contributed by atoms with E-state index in [4.69, 9.17) is 9.84 Å². The lowest BCUT2D eigenvalue weighted by Crippen LogP contribution is -2.31. The minimum Gasteiger partial charge on any atom is -0.497 e. The number of nitrogens with zero attached hydrogens (tertiary/aromatic N) is 2. The van der Waals surface area contributed by atoms with Gasteiger partial charge in [0.1, 0.15) is 11.4 Å². The Morgan fingerprint density at radius 2 is 1.88 bits per heavy atom. The van der Waals surface area contributed by atoms with E-state index in [1.165, 1.54) is 0 Å². The van der Waals surface area contributed by atoms with Crippen molar-refractivity contribution >= 4 is 5.91 Å². The molecule has 0 fully saturated rings. The van der Waals surface area contributed by atoms with E-state index in [0.717, 1.165) is 28.3 Å². The normalized spacial score (nSPS) is 10.8. The molecule has 0 aliphatic rings. The van der Waals surface area contributed by atoms with Gasteiger partial charge in [-0.25, -0.2) is 4.68 Å². The van der Waals surface area contributed by atoms with Crippen LogP contribution in [-0.4, -0.2) is 28.8 Å². The van der Waals surface area contributed by atoms with Crippen LogP contribution in [0, 0.1) is 6.92 Å².